The number of hydrogen-bond acceptors (Lipinski definition) is 5. The molecule has 0 amide bonds. The van der Waals surface area contributed by atoms with Crippen LogP contribution in [0.3, 0.4) is 0 Å². The molecule has 0 unspecified atom stereocenters. The Balaban J connectivity index is 1.61. The zero-order valence-electron chi connectivity index (χ0n) is 19.7. The Kier molecular flexibility index (Phi) is 6.86. The first-order valence-corrected chi connectivity index (χ1v) is 12.7. The van der Waals surface area contributed by atoms with Crippen LogP contribution < -0.4 is 14.9 Å². The zero-order valence-corrected chi connectivity index (χ0v) is 20.6. The zero-order chi connectivity index (χ0) is 24.3. The Morgan fingerprint density at radius 2 is 1.88 bits per heavy atom. The molecule has 0 atom stereocenters. The van der Waals surface area contributed by atoms with Gasteiger partial charge in [0.2, 0.25) is 10.0 Å². The van der Waals surface area contributed by atoms with Crippen molar-refractivity contribution in [3.8, 4) is 0 Å². The van der Waals surface area contributed by atoms with Crippen LogP contribution in [0.5, 0.6) is 0 Å². The first-order valence-electron chi connectivity index (χ1n) is 11.2. The molecule has 1 aliphatic rings. The van der Waals surface area contributed by atoms with Crippen LogP contribution >= 0.6 is 0 Å². The smallest absolute Gasteiger partial charge is 0.240 e. The van der Waals surface area contributed by atoms with Crippen LogP contribution in [-0.2, 0) is 10.0 Å². The molecular formula is C27H30N4O2S. The van der Waals surface area contributed by atoms with Gasteiger partial charge in [-0.15, -0.1) is 0 Å². The van der Waals surface area contributed by atoms with E-state index in [0.29, 0.717) is 11.5 Å². The van der Waals surface area contributed by atoms with Gasteiger partial charge in [0, 0.05) is 41.9 Å². The highest BCUT2D eigenvalue weighted by molar-refractivity contribution is 7.89. The highest BCUT2D eigenvalue weighted by atomic mass is 32.2. The van der Waals surface area contributed by atoms with E-state index in [1.54, 1.807) is 24.4 Å². The topological polar surface area (TPSA) is 74.3 Å². The van der Waals surface area contributed by atoms with Gasteiger partial charge in [-0.05, 0) is 80.8 Å². The maximum absolute atomic E-state index is 12.6. The van der Waals surface area contributed by atoms with Gasteiger partial charge in [-0.1, -0.05) is 30.4 Å². The van der Waals surface area contributed by atoms with Gasteiger partial charge in [0.05, 0.1) is 4.90 Å². The number of nitrogens with zero attached hydrogens (tertiary/aromatic N) is 2. The third-order valence-electron chi connectivity index (χ3n) is 5.51. The molecule has 0 radical (unpaired) electrons. The van der Waals surface area contributed by atoms with Gasteiger partial charge in [-0.3, -0.25) is 0 Å². The third kappa shape index (κ3) is 5.92. The highest BCUT2D eigenvalue weighted by Crippen LogP contribution is 2.29. The molecule has 0 saturated heterocycles. The molecular weight excluding hydrogens is 444 g/mol. The molecule has 1 heterocycles. The van der Waals surface area contributed by atoms with E-state index < -0.39 is 10.0 Å². The van der Waals surface area contributed by atoms with Gasteiger partial charge in [0.25, 0.3) is 0 Å². The number of aromatic nitrogens is 1. The van der Waals surface area contributed by atoms with E-state index in [1.165, 1.54) is 5.56 Å². The second-order valence-corrected chi connectivity index (χ2v) is 10.5. The van der Waals surface area contributed by atoms with Crippen LogP contribution in [0.4, 0.5) is 17.2 Å². The summed E-state index contributed by atoms with van der Waals surface area (Å²) in [6.07, 6.45) is 5.57. The van der Waals surface area contributed by atoms with Gasteiger partial charge in [-0.2, -0.15) is 0 Å². The lowest BCUT2D eigenvalue weighted by Crippen LogP contribution is -2.25. The molecule has 6 nitrogen and oxygen atoms in total. The summed E-state index contributed by atoms with van der Waals surface area (Å²) < 4.78 is 27.9. The number of aryl methyl sites for hydroxylation is 1. The fourth-order valence-corrected chi connectivity index (χ4v) is 4.97. The summed E-state index contributed by atoms with van der Waals surface area (Å²) in [5, 5.41) is 3.25. The molecule has 1 saturated carbocycles. The molecule has 2 aromatic carbocycles. The first-order chi connectivity index (χ1) is 16.2. The number of sulfonamides is 1. The Morgan fingerprint density at radius 3 is 2.59 bits per heavy atom. The third-order valence-corrected chi connectivity index (χ3v) is 7.02. The monoisotopic (exact) mass is 474 g/mol. The molecule has 7 heteroatoms. The van der Waals surface area contributed by atoms with Crippen molar-refractivity contribution in [2.24, 2.45) is 0 Å². The lowest BCUT2D eigenvalue weighted by Gasteiger charge is -2.24. The van der Waals surface area contributed by atoms with E-state index in [4.69, 9.17) is 0 Å². The predicted octanol–water partition coefficient (Wildman–Crippen LogP) is 5.63. The number of rotatable bonds is 9. The second-order valence-electron chi connectivity index (χ2n) is 8.75. The molecule has 3 aromatic rings. The predicted molar refractivity (Wildman–Crippen MR) is 140 cm³/mol. The van der Waals surface area contributed by atoms with Crippen LogP contribution in [0, 0.1) is 6.92 Å². The van der Waals surface area contributed by atoms with E-state index in [9.17, 15) is 8.42 Å². The molecule has 0 spiro atoms. The van der Waals surface area contributed by atoms with Crippen molar-refractivity contribution >= 4 is 32.9 Å². The minimum atomic E-state index is -3.53. The van der Waals surface area contributed by atoms with Crippen molar-refractivity contribution in [2.45, 2.75) is 37.6 Å². The summed E-state index contributed by atoms with van der Waals surface area (Å²) in [6.45, 7) is 8.10. The molecule has 1 aliphatic carbocycles. The Hall–Kier alpha value is -3.42. The van der Waals surface area contributed by atoms with Crippen LogP contribution in [0.2, 0.25) is 0 Å². The van der Waals surface area contributed by atoms with Gasteiger partial charge in [0.15, 0.2) is 0 Å². The van der Waals surface area contributed by atoms with E-state index in [0.717, 1.165) is 35.4 Å². The quantitative estimate of drug-likeness (QED) is 0.393. The molecule has 34 heavy (non-hydrogen) atoms. The lowest BCUT2D eigenvalue weighted by molar-refractivity contribution is 0.581. The normalized spacial score (nSPS) is 14.0. The van der Waals surface area contributed by atoms with E-state index in [2.05, 4.69) is 51.6 Å². The summed E-state index contributed by atoms with van der Waals surface area (Å²) in [5.74, 6) is 0.618. The molecule has 1 fully saturated rings. The number of benzene rings is 2. The number of allylic oxidation sites excluding steroid dienone is 2. The molecule has 0 bridgehead atoms. The summed E-state index contributed by atoms with van der Waals surface area (Å²) in [4.78, 5) is 6.81. The number of hydrogen-bond donors (Lipinski definition) is 2. The van der Waals surface area contributed by atoms with Crippen LogP contribution in [0.25, 0.3) is 5.70 Å². The van der Waals surface area contributed by atoms with Crippen molar-refractivity contribution in [1.82, 2.24) is 9.71 Å². The second kappa shape index (κ2) is 9.83. The van der Waals surface area contributed by atoms with Crippen molar-refractivity contribution in [3.05, 3.63) is 96.2 Å². The first kappa shape index (κ1) is 23.7. The fraction of sp³-hybridized carbons (Fsp3) is 0.222. The summed E-state index contributed by atoms with van der Waals surface area (Å²) in [5.41, 5.74) is 5.78. The minimum absolute atomic E-state index is 0.0591. The van der Waals surface area contributed by atoms with Crippen molar-refractivity contribution < 1.29 is 8.42 Å². The average molecular weight is 475 g/mol. The van der Waals surface area contributed by atoms with Gasteiger partial charge in [-0.25, -0.2) is 18.1 Å². The molecule has 176 valence electrons. The highest BCUT2D eigenvalue weighted by Gasteiger charge is 2.28. The largest absolute Gasteiger partial charge is 0.344 e. The van der Waals surface area contributed by atoms with Crippen LogP contribution in [0.1, 0.15) is 30.9 Å². The van der Waals surface area contributed by atoms with Crippen molar-refractivity contribution in [2.75, 3.05) is 17.3 Å². The number of anilines is 3. The average Bonchev–Trinajstić information content (AvgIpc) is 3.60. The Morgan fingerprint density at radius 1 is 1.12 bits per heavy atom. The lowest BCUT2D eigenvalue weighted by atomic mass is 10.1. The summed E-state index contributed by atoms with van der Waals surface area (Å²) in [7, 11) is -1.50. The van der Waals surface area contributed by atoms with E-state index >= 15 is 0 Å². The summed E-state index contributed by atoms with van der Waals surface area (Å²) in [6, 6.07) is 19.1. The van der Waals surface area contributed by atoms with E-state index in [-0.39, 0.29) is 10.9 Å². The van der Waals surface area contributed by atoms with Gasteiger partial charge in [0.1, 0.15) is 5.82 Å². The number of pyridine rings is 1. The van der Waals surface area contributed by atoms with Crippen molar-refractivity contribution in [1.29, 1.82) is 0 Å². The van der Waals surface area contributed by atoms with E-state index in [1.807, 2.05) is 44.3 Å². The fourth-order valence-electron chi connectivity index (χ4n) is 3.62. The summed E-state index contributed by atoms with van der Waals surface area (Å²) >= 11 is 0. The Labute approximate surface area is 202 Å². The Bertz CT molecular complexity index is 1340. The minimum Gasteiger partial charge on any atom is -0.344 e. The standard InChI is InChI=1S/C27H30N4O2S/c1-19(2)15-26(31(4)24-9-5-7-20(3)16-24)21-13-14-28-27(17-21)29-23-8-6-10-25(18-23)34(32,33)30-22-11-12-22/h5-10,13-18,22,30H,1,11-12H2,2-4H3,(H,28,29)/b26-15-. The molecule has 2 N–H and O–H groups in total. The maximum atomic E-state index is 12.6. The maximum Gasteiger partial charge on any atom is 0.240 e. The SMILES string of the molecule is C=C(C)/C=C(/c1ccnc(Nc2cccc(S(=O)(=O)NC3CC3)c2)c1)N(C)c1cccc(C)c1. The van der Waals surface area contributed by atoms with Gasteiger partial charge >= 0.3 is 0 Å². The number of nitrogens with one attached hydrogen (secondary N) is 2. The van der Waals surface area contributed by atoms with Crippen LogP contribution in [0.15, 0.2) is 90.0 Å². The van der Waals surface area contributed by atoms with Crippen molar-refractivity contribution in [3.63, 3.8) is 0 Å². The van der Waals surface area contributed by atoms with Gasteiger partial charge < -0.3 is 10.2 Å². The van der Waals surface area contributed by atoms with Crippen LogP contribution in [-0.4, -0.2) is 26.5 Å². The molecule has 1 aromatic heterocycles. The molecule has 0 aliphatic heterocycles. The molecule has 4 rings (SSSR count).